The van der Waals surface area contributed by atoms with E-state index >= 15 is 0 Å². The maximum absolute atomic E-state index is 13.7. The van der Waals surface area contributed by atoms with Crippen molar-refractivity contribution < 1.29 is 53.1 Å². The first-order valence-corrected chi connectivity index (χ1v) is 16.7. The van der Waals surface area contributed by atoms with Gasteiger partial charge in [-0.2, -0.15) is 0 Å². The second kappa shape index (κ2) is 14.6. The van der Waals surface area contributed by atoms with E-state index in [1.807, 2.05) is 26.0 Å². The van der Waals surface area contributed by atoms with Crippen molar-refractivity contribution in [3.8, 4) is 5.88 Å². The third-order valence-corrected chi connectivity index (χ3v) is 7.94. The molecule has 0 bridgehead atoms. The van der Waals surface area contributed by atoms with Crippen LogP contribution in [0.1, 0.15) is 108 Å². The van der Waals surface area contributed by atoms with Crippen LogP contribution >= 0.6 is 15.9 Å². The van der Waals surface area contributed by atoms with Gasteiger partial charge in [0, 0.05) is 16.0 Å². The number of rotatable bonds is 8. The van der Waals surface area contributed by atoms with Gasteiger partial charge in [-0.1, -0.05) is 6.07 Å². The number of hydrogen-bond donors (Lipinski definition) is 0. The summed E-state index contributed by atoms with van der Waals surface area (Å²) in [6.45, 7) is 13.8. The van der Waals surface area contributed by atoms with Crippen molar-refractivity contribution >= 4 is 50.7 Å². The van der Waals surface area contributed by atoms with Gasteiger partial charge >= 0.3 is 23.9 Å². The third kappa shape index (κ3) is 9.74. The Hall–Kier alpha value is -3.19. The van der Waals surface area contributed by atoms with Gasteiger partial charge < -0.3 is 28.4 Å². The first-order valence-electron chi connectivity index (χ1n) is 18.8. The lowest BCUT2D eigenvalue weighted by Crippen LogP contribution is -2.65. The summed E-state index contributed by atoms with van der Waals surface area (Å²) in [4.78, 5) is 54.2. The predicted molar refractivity (Wildman–Crippen MR) is 186 cm³/mol. The molecule has 0 N–H and O–H groups in total. The molecule has 1 aromatic heterocycles. The van der Waals surface area contributed by atoms with Crippen LogP contribution in [0.5, 0.6) is 5.88 Å². The fraction of sp³-hybridized carbons (Fsp3) is 0.694. The van der Waals surface area contributed by atoms with Crippen molar-refractivity contribution in [1.29, 1.82) is 0 Å². The molecule has 1 unspecified atom stereocenters. The molecule has 0 spiro atoms. The Bertz CT molecular complexity index is 1650. The Labute approximate surface area is 303 Å². The van der Waals surface area contributed by atoms with Crippen LogP contribution < -0.4 is 4.74 Å². The Kier molecular flexibility index (Phi) is 10.2. The molecule has 0 amide bonds. The molecular formula is C36H53BrN2O10. The summed E-state index contributed by atoms with van der Waals surface area (Å²) in [5, 5.41) is 5.22. The molecule has 2 aromatic rings. The third-order valence-electron chi connectivity index (χ3n) is 7.28. The van der Waals surface area contributed by atoms with E-state index < -0.39 is 89.7 Å². The topological polar surface area (TPSA) is 141 Å². The summed E-state index contributed by atoms with van der Waals surface area (Å²) < 4.78 is 70.6. The van der Waals surface area contributed by atoms with Gasteiger partial charge in [0.05, 0.1) is 32.6 Å². The smallest absolute Gasteiger partial charge is 0.311 e. The standard InChI is InChI=1S/C36H53BrN2O10/c1-19(2)39-21-17-15-16-20(37)23(21)27(38-39)49-28-26(48-32(43)36(12,13)14)25(47-31(42)35(9,10)11)24(46-30(41)34(6,7)8)22(45-28)18-44-29(40)33(3,4)5/h15-17,19,22,24-26,28H,18H2,1-14H3/t22-,24-,25+,26-,28?/m1/s1/i3D,6D,9D,12D. The quantitative estimate of drug-likeness (QED) is 0.204. The summed E-state index contributed by atoms with van der Waals surface area (Å²) in [6, 6.07) is 5.32. The minimum absolute atomic E-state index is 0.0420. The lowest BCUT2D eigenvalue weighted by Gasteiger charge is -2.45. The minimum Gasteiger partial charge on any atom is -0.462 e. The number of halogens is 1. The predicted octanol–water partition coefficient (Wildman–Crippen LogP) is 6.95. The normalized spacial score (nSPS) is 23.1. The number of fused-ring (bicyclic) bond motifs is 1. The largest absolute Gasteiger partial charge is 0.462 e. The van der Waals surface area contributed by atoms with Crippen molar-refractivity contribution in [2.24, 2.45) is 21.7 Å². The molecule has 0 saturated carbocycles. The first kappa shape index (κ1) is 34.3. The molecule has 1 saturated heterocycles. The average Bonchev–Trinajstić information content (AvgIpc) is 3.48. The molecule has 12 nitrogen and oxygen atoms in total. The van der Waals surface area contributed by atoms with E-state index in [2.05, 4.69) is 21.0 Å². The van der Waals surface area contributed by atoms with Crippen molar-refractivity contribution in [2.75, 3.05) is 6.61 Å². The van der Waals surface area contributed by atoms with Crippen molar-refractivity contribution in [2.45, 2.75) is 134 Å². The zero-order chi connectivity index (χ0) is 40.3. The van der Waals surface area contributed by atoms with Gasteiger partial charge in [0.2, 0.25) is 18.3 Å². The van der Waals surface area contributed by atoms with Crippen LogP contribution in [0.25, 0.3) is 10.9 Å². The van der Waals surface area contributed by atoms with Gasteiger partial charge in [-0.05, 0) is 125 Å². The SMILES string of the molecule is [2H]CC(C)(C)C(=O)OC[C@H]1OC(Oc2nn(C(C)C)c3cccc(Br)c23)[C@H](OC(=O)C(C)(C)C[2H])[C@@H](OC(=O)C(C)(C)C[2H])[C@@H]1OC(=O)C(C)(C)C[2H]. The summed E-state index contributed by atoms with van der Waals surface area (Å²) in [6.07, 6.45) is -8.03. The number of hydrogen-bond acceptors (Lipinski definition) is 11. The fourth-order valence-electron chi connectivity index (χ4n) is 4.41. The number of esters is 4. The van der Waals surface area contributed by atoms with Crippen LogP contribution in [-0.2, 0) is 42.9 Å². The monoisotopic (exact) mass is 756 g/mol. The van der Waals surface area contributed by atoms with E-state index in [-0.39, 0.29) is 32.6 Å². The molecule has 0 radical (unpaired) electrons. The highest BCUT2D eigenvalue weighted by Gasteiger charge is 2.56. The molecule has 0 aliphatic carbocycles. The number of nitrogens with zero attached hydrogens (tertiary/aromatic N) is 2. The minimum atomic E-state index is -1.68. The van der Waals surface area contributed by atoms with Gasteiger partial charge in [-0.15, -0.1) is 5.10 Å². The summed E-state index contributed by atoms with van der Waals surface area (Å²) in [5.41, 5.74) is -4.62. The summed E-state index contributed by atoms with van der Waals surface area (Å²) >= 11 is 3.57. The second-order valence-electron chi connectivity index (χ2n) is 15.4. The van der Waals surface area contributed by atoms with Gasteiger partial charge in [0.25, 0.3) is 0 Å². The van der Waals surface area contributed by atoms with Crippen LogP contribution in [0, 0.1) is 21.7 Å². The first-order chi connectivity index (χ1) is 24.5. The average molecular weight is 758 g/mol. The Morgan fingerprint density at radius 3 is 1.82 bits per heavy atom. The van der Waals surface area contributed by atoms with Crippen molar-refractivity contribution in [3.05, 3.63) is 22.7 Å². The molecule has 2 heterocycles. The van der Waals surface area contributed by atoms with E-state index in [1.165, 1.54) is 55.4 Å². The van der Waals surface area contributed by atoms with Gasteiger partial charge in [0.15, 0.2) is 12.2 Å². The van der Waals surface area contributed by atoms with Crippen molar-refractivity contribution in [3.63, 3.8) is 0 Å². The maximum Gasteiger partial charge on any atom is 0.311 e. The van der Waals surface area contributed by atoms with Crippen LogP contribution in [-0.4, -0.2) is 71.0 Å². The molecule has 1 fully saturated rings. The van der Waals surface area contributed by atoms with E-state index in [4.69, 9.17) is 33.9 Å². The van der Waals surface area contributed by atoms with Crippen LogP contribution in [0.2, 0.25) is 0 Å². The Balaban J connectivity index is 2.31. The molecule has 5 atom stereocenters. The summed E-state index contributed by atoms with van der Waals surface area (Å²) in [5.74, 6) is -3.38. The van der Waals surface area contributed by atoms with Crippen LogP contribution in [0.15, 0.2) is 22.7 Å². The van der Waals surface area contributed by atoms with Crippen molar-refractivity contribution in [1.82, 2.24) is 9.78 Å². The molecule has 13 heteroatoms. The highest BCUT2D eigenvalue weighted by Crippen LogP contribution is 2.38. The van der Waals surface area contributed by atoms with E-state index in [1.54, 1.807) is 10.7 Å². The molecule has 274 valence electrons. The van der Waals surface area contributed by atoms with E-state index in [9.17, 15) is 19.2 Å². The molecule has 1 aliphatic rings. The summed E-state index contributed by atoms with van der Waals surface area (Å²) in [7, 11) is 0. The highest BCUT2D eigenvalue weighted by atomic mass is 79.9. The number of benzene rings is 1. The van der Waals surface area contributed by atoms with E-state index in [0.717, 1.165) is 0 Å². The molecule has 49 heavy (non-hydrogen) atoms. The van der Waals surface area contributed by atoms with E-state index in [0.29, 0.717) is 15.4 Å². The van der Waals surface area contributed by atoms with Gasteiger partial charge in [-0.3, -0.25) is 23.9 Å². The second-order valence-corrected chi connectivity index (χ2v) is 16.2. The Morgan fingerprint density at radius 2 is 1.31 bits per heavy atom. The molecule has 1 aromatic carbocycles. The van der Waals surface area contributed by atoms with Crippen LogP contribution in [0.3, 0.4) is 0 Å². The number of aromatic nitrogens is 2. The number of carbonyl (C=O) groups excluding carboxylic acids is 4. The van der Waals surface area contributed by atoms with Gasteiger partial charge in [0.1, 0.15) is 12.7 Å². The van der Waals surface area contributed by atoms with Gasteiger partial charge in [-0.25, -0.2) is 0 Å². The molecule has 1 aliphatic heterocycles. The number of ether oxygens (including phenoxy) is 6. The maximum atomic E-state index is 13.7. The zero-order valence-corrected chi connectivity index (χ0v) is 31.7. The van der Waals surface area contributed by atoms with Crippen LogP contribution in [0.4, 0.5) is 0 Å². The fourth-order valence-corrected chi connectivity index (χ4v) is 4.94. The zero-order valence-electron chi connectivity index (χ0n) is 34.1. The molecule has 3 rings (SSSR count). The molecular weight excluding hydrogens is 700 g/mol. The lowest BCUT2D eigenvalue weighted by molar-refractivity contribution is -0.294. The highest BCUT2D eigenvalue weighted by molar-refractivity contribution is 9.10. The Morgan fingerprint density at radius 1 is 0.816 bits per heavy atom. The number of carbonyl (C=O) groups is 4. The lowest BCUT2D eigenvalue weighted by atomic mass is 9.93.